The number of hydrogen-bond acceptors (Lipinski definition) is 3. The van der Waals surface area contributed by atoms with Crippen LogP contribution in [0, 0.1) is 0 Å². The molecule has 0 radical (unpaired) electrons. The molecule has 1 unspecified atom stereocenters. The Labute approximate surface area is 117 Å². The van der Waals surface area contributed by atoms with Crippen molar-refractivity contribution in [2.75, 3.05) is 6.54 Å². The van der Waals surface area contributed by atoms with Crippen LogP contribution in [0.4, 0.5) is 0 Å². The van der Waals surface area contributed by atoms with Crippen LogP contribution in [0.25, 0.3) is 0 Å². The largest absolute Gasteiger partial charge is 0.387 e. The molecule has 0 aliphatic carbocycles. The first kappa shape index (κ1) is 13.8. The van der Waals surface area contributed by atoms with E-state index in [2.05, 4.69) is 0 Å². The number of carbonyl (C=O) groups excluding carboxylic acids is 1. The third kappa shape index (κ3) is 3.91. The molecule has 1 atom stereocenters. The van der Waals surface area contributed by atoms with Gasteiger partial charge in [-0.1, -0.05) is 30.3 Å². The summed E-state index contributed by atoms with van der Waals surface area (Å²) in [7, 11) is 0. The molecule has 2 rings (SSSR count). The topological polar surface area (TPSA) is 40.5 Å². The minimum absolute atomic E-state index is 0.0295. The molecule has 19 heavy (non-hydrogen) atoms. The zero-order valence-electron chi connectivity index (χ0n) is 10.8. The molecule has 3 nitrogen and oxygen atoms in total. The van der Waals surface area contributed by atoms with Gasteiger partial charge < -0.3 is 10.0 Å². The monoisotopic (exact) mass is 275 g/mol. The average molecular weight is 275 g/mol. The Morgan fingerprint density at radius 3 is 2.63 bits per heavy atom. The van der Waals surface area contributed by atoms with Gasteiger partial charge in [0, 0.05) is 13.5 Å². The van der Waals surface area contributed by atoms with Gasteiger partial charge in [-0.2, -0.15) is 11.3 Å². The van der Waals surface area contributed by atoms with E-state index in [1.54, 1.807) is 16.2 Å². The molecule has 0 spiro atoms. The van der Waals surface area contributed by atoms with Crippen molar-refractivity contribution in [3.8, 4) is 0 Å². The number of rotatable bonds is 5. The summed E-state index contributed by atoms with van der Waals surface area (Å²) in [6, 6.07) is 11.7. The Bertz CT molecular complexity index is 510. The molecule has 4 heteroatoms. The Hall–Kier alpha value is -1.65. The maximum absolute atomic E-state index is 11.7. The van der Waals surface area contributed by atoms with Crippen LogP contribution in [0.5, 0.6) is 0 Å². The highest BCUT2D eigenvalue weighted by molar-refractivity contribution is 7.07. The minimum Gasteiger partial charge on any atom is -0.387 e. The van der Waals surface area contributed by atoms with Crippen LogP contribution in [0.1, 0.15) is 24.2 Å². The first-order valence-corrected chi connectivity index (χ1v) is 7.10. The van der Waals surface area contributed by atoms with Crippen LogP contribution in [0.2, 0.25) is 0 Å². The fourth-order valence-corrected chi connectivity index (χ4v) is 2.59. The highest BCUT2D eigenvalue weighted by atomic mass is 32.1. The third-order valence-corrected chi connectivity index (χ3v) is 3.68. The van der Waals surface area contributed by atoms with Crippen molar-refractivity contribution in [1.82, 2.24) is 4.90 Å². The second kappa shape index (κ2) is 6.50. The predicted molar refractivity (Wildman–Crippen MR) is 76.8 cm³/mol. The smallest absolute Gasteiger partial charge is 0.219 e. The van der Waals surface area contributed by atoms with Crippen LogP contribution in [-0.4, -0.2) is 22.5 Å². The molecule has 0 aliphatic heterocycles. The van der Waals surface area contributed by atoms with E-state index < -0.39 is 6.10 Å². The molecule has 0 aliphatic rings. The van der Waals surface area contributed by atoms with Crippen molar-refractivity contribution >= 4 is 17.2 Å². The quantitative estimate of drug-likeness (QED) is 0.911. The summed E-state index contributed by atoms with van der Waals surface area (Å²) in [6.07, 6.45) is -0.626. The first-order valence-electron chi connectivity index (χ1n) is 6.16. The molecule has 0 bridgehead atoms. The standard InChI is InChI=1S/C15H17NO2S/c1-12(17)16(9-13-5-3-2-4-6-13)10-15(18)14-7-8-19-11-14/h2-8,11,15,18H,9-10H2,1H3. The SMILES string of the molecule is CC(=O)N(Cc1ccccc1)CC(O)c1ccsc1. The minimum atomic E-state index is -0.626. The van der Waals surface area contributed by atoms with Crippen molar-refractivity contribution < 1.29 is 9.90 Å². The second-order valence-electron chi connectivity index (χ2n) is 4.46. The number of aliphatic hydroxyl groups excluding tert-OH is 1. The summed E-state index contributed by atoms with van der Waals surface area (Å²) in [5, 5.41) is 14.0. The summed E-state index contributed by atoms with van der Waals surface area (Å²) in [4.78, 5) is 13.3. The maximum atomic E-state index is 11.7. The van der Waals surface area contributed by atoms with Crippen molar-refractivity contribution in [3.05, 3.63) is 58.3 Å². The van der Waals surface area contributed by atoms with Gasteiger partial charge in [-0.3, -0.25) is 4.79 Å². The molecule has 100 valence electrons. The van der Waals surface area contributed by atoms with Gasteiger partial charge in [0.1, 0.15) is 0 Å². The van der Waals surface area contributed by atoms with Crippen molar-refractivity contribution in [2.24, 2.45) is 0 Å². The van der Waals surface area contributed by atoms with E-state index in [9.17, 15) is 9.90 Å². The zero-order valence-corrected chi connectivity index (χ0v) is 11.6. The number of aliphatic hydroxyl groups is 1. The Morgan fingerprint density at radius 1 is 1.32 bits per heavy atom. The van der Waals surface area contributed by atoms with Gasteiger partial charge in [-0.25, -0.2) is 0 Å². The van der Waals surface area contributed by atoms with E-state index in [0.29, 0.717) is 13.1 Å². The van der Waals surface area contributed by atoms with Gasteiger partial charge in [0.05, 0.1) is 12.6 Å². The molecule has 1 aromatic heterocycles. The number of benzene rings is 1. The van der Waals surface area contributed by atoms with Gasteiger partial charge in [-0.15, -0.1) is 0 Å². The van der Waals surface area contributed by atoms with Gasteiger partial charge in [0.2, 0.25) is 5.91 Å². The molecular formula is C15H17NO2S. The first-order chi connectivity index (χ1) is 9.16. The van der Waals surface area contributed by atoms with Crippen LogP contribution >= 0.6 is 11.3 Å². The lowest BCUT2D eigenvalue weighted by Crippen LogP contribution is -2.32. The molecule has 1 aromatic carbocycles. The molecule has 2 aromatic rings. The number of amides is 1. The molecule has 1 amide bonds. The second-order valence-corrected chi connectivity index (χ2v) is 5.24. The zero-order chi connectivity index (χ0) is 13.7. The Balaban J connectivity index is 2.03. The lowest BCUT2D eigenvalue weighted by atomic mass is 10.1. The summed E-state index contributed by atoms with van der Waals surface area (Å²) in [5.74, 6) is -0.0295. The number of carbonyl (C=O) groups is 1. The van der Waals surface area contributed by atoms with Crippen molar-refractivity contribution in [2.45, 2.75) is 19.6 Å². The van der Waals surface area contributed by atoms with E-state index in [0.717, 1.165) is 11.1 Å². The van der Waals surface area contributed by atoms with Crippen LogP contribution in [-0.2, 0) is 11.3 Å². The van der Waals surface area contributed by atoms with Gasteiger partial charge in [0.25, 0.3) is 0 Å². The van der Waals surface area contributed by atoms with Gasteiger partial charge >= 0.3 is 0 Å². The molecule has 0 fully saturated rings. The molecular weight excluding hydrogens is 258 g/mol. The van der Waals surface area contributed by atoms with Crippen molar-refractivity contribution in [1.29, 1.82) is 0 Å². The maximum Gasteiger partial charge on any atom is 0.219 e. The lowest BCUT2D eigenvalue weighted by molar-refractivity contribution is -0.131. The Kier molecular flexibility index (Phi) is 4.71. The number of thiophene rings is 1. The molecule has 0 saturated heterocycles. The van der Waals surface area contributed by atoms with E-state index >= 15 is 0 Å². The molecule has 1 heterocycles. The Morgan fingerprint density at radius 2 is 2.05 bits per heavy atom. The normalized spacial score (nSPS) is 12.1. The van der Waals surface area contributed by atoms with Crippen LogP contribution < -0.4 is 0 Å². The predicted octanol–water partition coefficient (Wildman–Crippen LogP) is 2.83. The average Bonchev–Trinajstić information content (AvgIpc) is 2.93. The third-order valence-electron chi connectivity index (χ3n) is 2.98. The summed E-state index contributed by atoms with van der Waals surface area (Å²) in [6.45, 7) is 2.38. The molecule has 1 N–H and O–H groups in total. The van der Waals surface area contributed by atoms with E-state index in [4.69, 9.17) is 0 Å². The summed E-state index contributed by atoms with van der Waals surface area (Å²) in [5.41, 5.74) is 1.93. The highest BCUT2D eigenvalue weighted by Gasteiger charge is 2.16. The van der Waals surface area contributed by atoms with Crippen LogP contribution in [0.15, 0.2) is 47.2 Å². The van der Waals surface area contributed by atoms with E-state index in [-0.39, 0.29) is 5.91 Å². The molecule has 0 saturated carbocycles. The fourth-order valence-electron chi connectivity index (χ4n) is 1.89. The van der Waals surface area contributed by atoms with Gasteiger partial charge in [-0.05, 0) is 28.0 Å². The van der Waals surface area contributed by atoms with Gasteiger partial charge in [0.15, 0.2) is 0 Å². The highest BCUT2D eigenvalue weighted by Crippen LogP contribution is 2.18. The number of hydrogen-bond donors (Lipinski definition) is 1. The summed E-state index contributed by atoms with van der Waals surface area (Å²) < 4.78 is 0. The van der Waals surface area contributed by atoms with E-state index in [1.807, 2.05) is 47.2 Å². The summed E-state index contributed by atoms with van der Waals surface area (Å²) >= 11 is 1.54. The van der Waals surface area contributed by atoms with Crippen LogP contribution in [0.3, 0.4) is 0 Å². The number of nitrogens with zero attached hydrogens (tertiary/aromatic N) is 1. The van der Waals surface area contributed by atoms with E-state index in [1.165, 1.54) is 6.92 Å². The lowest BCUT2D eigenvalue weighted by Gasteiger charge is -2.24. The van der Waals surface area contributed by atoms with Crippen molar-refractivity contribution in [3.63, 3.8) is 0 Å². The fraction of sp³-hybridized carbons (Fsp3) is 0.267.